The number of ketones is 1. The lowest BCUT2D eigenvalue weighted by atomic mass is 9.95. The lowest BCUT2D eigenvalue weighted by Gasteiger charge is -2.33. The van der Waals surface area contributed by atoms with E-state index < -0.39 is 11.8 Å². The Bertz CT molecular complexity index is 1860. The summed E-state index contributed by atoms with van der Waals surface area (Å²) in [5, 5.41) is 17.4. The van der Waals surface area contributed by atoms with Gasteiger partial charge in [-0.15, -0.1) is 0 Å². The van der Waals surface area contributed by atoms with E-state index in [4.69, 9.17) is 0 Å². The van der Waals surface area contributed by atoms with E-state index in [0.29, 0.717) is 10.9 Å². The maximum atomic E-state index is 15.1. The molecule has 0 unspecified atom stereocenters. The Morgan fingerprint density at radius 3 is 1.50 bits per heavy atom. The van der Waals surface area contributed by atoms with Crippen LogP contribution in [-0.4, -0.2) is 16.0 Å². The van der Waals surface area contributed by atoms with E-state index in [2.05, 4.69) is 67.6 Å². The molecule has 0 bridgehead atoms. The van der Waals surface area contributed by atoms with Crippen LogP contribution in [0.5, 0.6) is 0 Å². The first-order chi connectivity index (χ1) is 20.5. The summed E-state index contributed by atoms with van der Waals surface area (Å²) in [5.41, 5.74) is 2.35. The van der Waals surface area contributed by atoms with Crippen molar-refractivity contribution in [2.24, 2.45) is 0 Å². The van der Waals surface area contributed by atoms with Gasteiger partial charge in [0.2, 0.25) is 0 Å². The molecule has 0 heterocycles. The molecule has 0 atom stereocenters. The molecule has 0 aromatic heterocycles. The molecule has 0 fully saturated rings. The summed E-state index contributed by atoms with van der Waals surface area (Å²) in [4.78, 5) is 26.2. The third kappa shape index (κ3) is 4.66. The Morgan fingerprint density at radius 2 is 1.02 bits per heavy atom. The molecule has 6 rings (SSSR count). The number of fused-ring (bicyclic) bond motifs is 1. The van der Waals surface area contributed by atoms with Crippen LogP contribution >= 0.6 is 6.89 Å². The Labute approximate surface area is 245 Å². The Hall–Kier alpha value is -5.05. The van der Waals surface area contributed by atoms with Gasteiger partial charge in [-0.1, -0.05) is 127 Å². The number of carbonyl (C=O) groups is 1. The molecule has 0 spiro atoms. The van der Waals surface area contributed by atoms with Crippen molar-refractivity contribution in [3.05, 3.63) is 178 Å². The molecule has 4 nitrogen and oxygen atoms in total. The maximum Gasteiger partial charge on any atom is 0.269 e. The minimum absolute atomic E-state index is 0.0517. The van der Waals surface area contributed by atoms with Gasteiger partial charge in [-0.2, -0.15) is 0 Å². The lowest BCUT2D eigenvalue weighted by Crippen LogP contribution is -2.34. The molecule has 204 valence electrons. The molecular formula is C37H28NO3P. The second kappa shape index (κ2) is 11.4. The molecule has 42 heavy (non-hydrogen) atoms. The molecule has 0 amide bonds. The van der Waals surface area contributed by atoms with Gasteiger partial charge in [0, 0.05) is 23.0 Å². The zero-order valence-electron chi connectivity index (χ0n) is 23.1. The molecule has 0 radical (unpaired) electrons. The number of Topliss-reactive ketones (excluding diaryl/α,β-unsaturated/α-hetero) is 1. The fourth-order valence-corrected chi connectivity index (χ4v) is 10.3. The van der Waals surface area contributed by atoms with Crippen molar-refractivity contribution in [2.45, 2.75) is 6.92 Å². The predicted molar refractivity (Wildman–Crippen MR) is 175 cm³/mol. The Morgan fingerprint density at radius 1 is 0.571 bits per heavy atom. The van der Waals surface area contributed by atoms with Gasteiger partial charge in [0.25, 0.3) is 5.69 Å². The van der Waals surface area contributed by atoms with Crippen molar-refractivity contribution < 1.29 is 9.72 Å². The van der Waals surface area contributed by atoms with Gasteiger partial charge in [-0.25, -0.2) is 0 Å². The van der Waals surface area contributed by atoms with Crippen LogP contribution in [0.2, 0.25) is 0 Å². The minimum atomic E-state index is -2.82. The lowest BCUT2D eigenvalue weighted by molar-refractivity contribution is -0.384. The summed E-state index contributed by atoms with van der Waals surface area (Å²) < 4.78 is 0. The van der Waals surface area contributed by atoms with Gasteiger partial charge in [-0.3, -0.25) is 14.9 Å². The van der Waals surface area contributed by atoms with E-state index in [-0.39, 0.29) is 11.5 Å². The smallest absolute Gasteiger partial charge is 0.269 e. The third-order valence-electron chi connectivity index (χ3n) is 7.72. The number of nitro benzene ring substituents is 1. The fraction of sp³-hybridized carbons (Fsp3) is 0.0270. The van der Waals surface area contributed by atoms with Crippen LogP contribution in [0.3, 0.4) is 0 Å². The van der Waals surface area contributed by atoms with Crippen LogP contribution < -0.4 is 15.9 Å². The number of aryl methyl sites for hydroxylation is 1. The molecule has 0 saturated heterocycles. The number of nitro groups is 1. The van der Waals surface area contributed by atoms with Crippen molar-refractivity contribution in [1.29, 1.82) is 0 Å². The Kier molecular flexibility index (Phi) is 7.39. The first kappa shape index (κ1) is 27.1. The number of hydrogen-bond acceptors (Lipinski definition) is 3. The standard InChI is InChI=1S/C37H28NO3P/c1-27-21-26-35(34-20-12-11-19-33(27)34)37(36(39)28-22-24-29(25-23-28)38(40)41)42(30-13-5-2-6-14-30,31-15-7-3-8-16-31)32-17-9-4-10-18-32/h2-26H,1H3. The van der Waals surface area contributed by atoms with Crippen LogP contribution in [0.25, 0.3) is 10.8 Å². The molecule has 0 saturated carbocycles. The first-order valence-electron chi connectivity index (χ1n) is 13.7. The zero-order chi connectivity index (χ0) is 29.1. The number of nitrogens with zero attached hydrogens (tertiary/aromatic N) is 1. The van der Waals surface area contributed by atoms with Crippen molar-refractivity contribution in [3.8, 4) is 0 Å². The average molecular weight is 566 g/mol. The van der Waals surface area contributed by atoms with Crippen LogP contribution in [0.1, 0.15) is 21.5 Å². The first-order valence-corrected chi connectivity index (χ1v) is 15.5. The summed E-state index contributed by atoms with van der Waals surface area (Å²) in [6.45, 7) is -0.743. The van der Waals surface area contributed by atoms with Gasteiger partial charge < -0.3 is 0 Å². The Balaban J connectivity index is 1.88. The summed E-state index contributed by atoms with van der Waals surface area (Å²) in [6.07, 6.45) is 0. The fourth-order valence-electron chi connectivity index (χ4n) is 5.77. The van der Waals surface area contributed by atoms with E-state index in [1.165, 1.54) is 12.1 Å². The summed E-state index contributed by atoms with van der Waals surface area (Å²) in [6, 6.07) is 49.2. The van der Waals surface area contributed by atoms with E-state index >= 15 is 4.79 Å². The van der Waals surface area contributed by atoms with Crippen molar-refractivity contribution >= 4 is 50.3 Å². The monoisotopic (exact) mass is 565 g/mol. The molecule has 6 aromatic carbocycles. The highest BCUT2D eigenvalue weighted by Gasteiger charge is 2.35. The summed E-state index contributed by atoms with van der Waals surface area (Å²) >= 11 is 0. The normalized spacial score (nSPS) is 11.3. The predicted octanol–water partition coefficient (Wildman–Crippen LogP) is 7.45. The number of benzene rings is 6. The van der Waals surface area contributed by atoms with Gasteiger partial charge in [-0.05, 0) is 63.8 Å². The highest BCUT2D eigenvalue weighted by atomic mass is 31.2. The molecule has 6 aromatic rings. The van der Waals surface area contributed by atoms with Crippen molar-refractivity contribution in [2.75, 3.05) is 0 Å². The zero-order valence-corrected chi connectivity index (χ0v) is 23.9. The summed E-state index contributed by atoms with van der Waals surface area (Å²) in [5.74, 6) is -0.149. The van der Waals surface area contributed by atoms with Crippen molar-refractivity contribution in [1.82, 2.24) is 0 Å². The molecule has 0 aliphatic rings. The van der Waals surface area contributed by atoms with Crippen LogP contribution in [-0.2, 0) is 0 Å². The van der Waals surface area contributed by atoms with Gasteiger partial charge in [0.05, 0.1) is 4.92 Å². The second-order valence-corrected chi connectivity index (χ2v) is 13.5. The number of carbonyl (C=O) groups excluding carboxylic acids is 1. The molecule has 5 heteroatoms. The molecule has 0 aliphatic carbocycles. The quantitative estimate of drug-likeness (QED) is 0.0874. The van der Waals surface area contributed by atoms with E-state index in [1.807, 2.05) is 66.7 Å². The number of hydrogen-bond donors (Lipinski definition) is 0. The van der Waals surface area contributed by atoms with Crippen LogP contribution in [0.15, 0.2) is 152 Å². The topological polar surface area (TPSA) is 60.2 Å². The minimum Gasteiger partial charge on any atom is -0.289 e. The molecular weight excluding hydrogens is 537 g/mol. The molecule has 0 aliphatic heterocycles. The van der Waals surface area contributed by atoms with Gasteiger partial charge >= 0.3 is 0 Å². The maximum absolute atomic E-state index is 15.1. The van der Waals surface area contributed by atoms with Crippen LogP contribution in [0, 0.1) is 17.0 Å². The largest absolute Gasteiger partial charge is 0.289 e. The van der Waals surface area contributed by atoms with Gasteiger partial charge in [0.1, 0.15) is 0 Å². The van der Waals surface area contributed by atoms with Gasteiger partial charge in [0.15, 0.2) is 5.78 Å². The third-order valence-corrected chi connectivity index (χ3v) is 12.1. The van der Waals surface area contributed by atoms with Crippen molar-refractivity contribution in [3.63, 3.8) is 0 Å². The summed E-state index contributed by atoms with van der Waals surface area (Å²) in [7, 11) is 0. The van der Waals surface area contributed by atoms with E-state index in [1.54, 1.807) is 12.1 Å². The van der Waals surface area contributed by atoms with E-state index in [9.17, 15) is 10.1 Å². The van der Waals surface area contributed by atoms with Crippen LogP contribution in [0.4, 0.5) is 5.69 Å². The van der Waals surface area contributed by atoms with E-state index in [0.717, 1.165) is 37.8 Å². The highest BCUT2D eigenvalue weighted by molar-refractivity contribution is 7.97. The second-order valence-electron chi connectivity index (χ2n) is 10.1. The number of non-ortho nitro benzene ring substituents is 1. The average Bonchev–Trinajstić information content (AvgIpc) is 3.05. The highest BCUT2D eigenvalue weighted by Crippen LogP contribution is 2.49. The molecule has 0 N–H and O–H groups in total. The SMILES string of the molecule is Cc1ccc(C(C(=O)c2ccc([N+](=O)[O-])cc2)=P(c2ccccc2)(c2ccccc2)c2ccccc2)c2ccccc12. The number of rotatable bonds is 7.